The third-order valence-electron chi connectivity index (χ3n) is 3.55. The summed E-state index contributed by atoms with van der Waals surface area (Å²) >= 11 is 4.48. The molecule has 3 aromatic rings. The Kier molecular flexibility index (Phi) is 7.16. The summed E-state index contributed by atoms with van der Waals surface area (Å²) in [6.45, 7) is 0.515. The summed E-state index contributed by atoms with van der Waals surface area (Å²) in [7, 11) is 0. The summed E-state index contributed by atoms with van der Waals surface area (Å²) in [5.74, 6) is 0.545. The molecule has 136 valence electrons. The van der Waals surface area contributed by atoms with Gasteiger partial charge in [-0.15, -0.1) is 0 Å². The highest BCUT2D eigenvalue weighted by Gasteiger charge is 2.09. The van der Waals surface area contributed by atoms with Crippen LogP contribution in [0, 0.1) is 7.14 Å². The second-order valence-corrected chi connectivity index (χ2v) is 7.85. The van der Waals surface area contributed by atoms with Gasteiger partial charge in [0, 0.05) is 12.4 Å². The maximum atomic E-state index is 12.0. The number of halogens is 2. The van der Waals surface area contributed by atoms with Crippen molar-refractivity contribution in [2.45, 2.75) is 6.61 Å². The smallest absolute Gasteiger partial charge is 0.272 e. The molecular weight excluding hydrogens is 568 g/mol. The van der Waals surface area contributed by atoms with Crippen molar-refractivity contribution < 1.29 is 9.53 Å². The van der Waals surface area contributed by atoms with E-state index in [2.05, 4.69) is 60.7 Å². The van der Waals surface area contributed by atoms with Crippen molar-refractivity contribution in [3.05, 3.63) is 90.8 Å². The molecule has 0 aliphatic carbocycles. The Labute approximate surface area is 184 Å². The zero-order valence-electron chi connectivity index (χ0n) is 14.1. The van der Waals surface area contributed by atoms with Gasteiger partial charge in [-0.3, -0.25) is 9.78 Å². The monoisotopic (exact) mass is 583 g/mol. The Hall–Kier alpha value is -2.01. The number of rotatable bonds is 6. The zero-order chi connectivity index (χ0) is 19.1. The fraction of sp³-hybridized carbons (Fsp3) is 0.0500. The van der Waals surface area contributed by atoms with Crippen molar-refractivity contribution in [2.24, 2.45) is 5.10 Å². The highest BCUT2D eigenvalue weighted by Crippen LogP contribution is 2.29. The number of nitrogens with one attached hydrogen (secondary N) is 1. The number of aromatic nitrogens is 1. The van der Waals surface area contributed by atoms with E-state index in [1.165, 1.54) is 6.20 Å². The summed E-state index contributed by atoms with van der Waals surface area (Å²) < 4.78 is 7.94. The summed E-state index contributed by atoms with van der Waals surface area (Å²) in [6.07, 6.45) is 4.72. The minimum Gasteiger partial charge on any atom is -0.487 e. The SMILES string of the molecule is O=C(NN=Cc1cc(I)c(OCc2ccccc2)c(I)c1)c1cccnc1. The Balaban J connectivity index is 1.64. The number of hydrogen-bond acceptors (Lipinski definition) is 4. The van der Waals surface area contributed by atoms with E-state index in [0.717, 1.165) is 24.0 Å². The standard InChI is InChI=1S/C20H15I2N3O2/c21-17-9-15(11-24-25-20(26)16-7-4-8-23-12-16)10-18(22)19(17)27-13-14-5-2-1-3-6-14/h1-12H,13H2,(H,25,26). The third-order valence-corrected chi connectivity index (χ3v) is 5.15. The van der Waals surface area contributed by atoms with Gasteiger partial charge in [0.1, 0.15) is 12.4 Å². The highest BCUT2D eigenvalue weighted by atomic mass is 127. The van der Waals surface area contributed by atoms with E-state index in [9.17, 15) is 4.79 Å². The molecule has 0 spiro atoms. The molecule has 1 N–H and O–H groups in total. The molecule has 0 aliphatic rings. The molecule has 1 heterocycles. The molecule has 0 atom stereocenters. The average molecular weight is 583 g/mol. The molecule has 1 amide bonds. The molecule has 1 aromatic heterocycles. The van der Waals surface area contributed by atoms with Crippen molar-refractivity contribution in [3.8, 4) is 5.75 Å². The van der Waals surface area contributed by atoms with Gasteiger partial charge in [-0.05, 0) is 80.6 Å². The lowest BCUT2D eigenvalue weighted by molar-refractivity contribution is 0.0955. The number of pyridine rings is 1. The van der Waals surface area contributed by atoms with Crippen molar-refractivity contribution >= 4 is 57.3 Å². The van der Waals surface area contributed by atoms with Crippen LogP contribution in [0.3, 0.4) is 0 Å². The van der Waals surface area contributed by atoms with Crippen LogP contribution in [0.4, 0.5) is 0 Å². The topological polar surface area (TPSA) is 63.6 Å². The molecule has 0 radical (unpaired) electrons. The second-order valence-electron chi connectivity index (χ2n) is 5.53. The second kappa shape index (κ2) is 9.79. The van der Waals surface area contributed by atoms with E-state index >= 15 is 0 Å². The van der Waals surface area contributed by atoms with Crippen LogP contribution in [0.25, 0.3) is 0 Å². The molecule has 0 unspecified atom stereocenters. The molecule has 2 aromatic carbocycles. The van der Waals surface area contributed by atoms with Crippen LogP contribution in [0.1, 0.15) is 21.5 Å². The molecule has 27 heavy (non-hydrogen) atoms. The number of carbonyl (C=O) groups excluding carboxylic acids is 1. The first kappa shape index (κ1) is 19.7. The van der Waals surface area contributed by atoms with Gasteiger partial charge in [-0.1, -0.05) is 30.3 Å². The largest absolute Gasteiger partial charge is 0.487 e. The molecule has 5 nitrogen and oxygen atoms in total. The number of hydrazone groups is 1. The van der Waals surface area contributed by atoms with Gasteiger partial charge in [0.2, 0.25) is 0 Å². The van der Waals surface area contributed by atoms with E-state index < -0.39 is 0 Å². The Morgan fingerprint density at radius 1 is 1.11 bits per heavy atom. The van der Waals surface area contributed by atoms with E-state index in [4.69, 9.17) is 4.74 Å². The first-order valence-corrected chi connectivity index (χ1v) is 10.2. The minimum atomic E-state index is -0.299. The molecule has 3 rings (SSSR count). The summed E-state index contributed by atoms with van der Waals surface area (Å²) in [5.41, 5.74) is 4.96. The summed E-state index contributed by atoms with van der Waals surface area (Å²) in [4.78, 5) is 15.9. The quantitative estimate of drug-likeness (QED) is 0.262. The van der Waals surface area contributed by atoms with Crippen molar-refractivity contribution in [1.29, 1.82) is 0 Å². The van der Waals surface area contributed by atoms with Crippen molar-refractivity contribution in [3.63, 3.8) is 0 Å². The average Bonchev–Trinajstić information content (AvgIpc) is 2.69. The lowest BCUT2D eigenvalue weighted by atomic mass is 10.2. The van der Waals surface area contributed by atoms with Gasteiger partial charge in [-0.2, -0.15) is 5.10 Å². The maximum Gasteiger partial charge on any atom is 0.272 e. The fourth-order valence-electron chi connectivity index (χ4n) is 2.25. The van der Waals surface area contributed by atoms with Gasteiger partial charge in [0.15, 0.2) is 0 Å². The Bertz CT molecular complexity index is 925. The maximum absolute atomic E-state index is 12.0. The number of carbonyl (C=O) groups is 1. The predicted octanol–water partition coefficient (Wildman–Crippen LogP) is 4.63. The van der Waals surface area contributed by atoms with Gasteiger partial charge in [0.05, 0.1) is 18.9 Å². The summed E-state index contributed by atoms with van der Waals surface area (Å²) in [6, 6.07) is 17.4. The van der Waals surface area contributed by atoms with Crippen LogP contribution in [-0.4, -0.2) is 17.1 Å². The molecule has 0 saturated heterocycles. The third kappa shape index (κ3) is 5.73. The molecular formula is C20H15I2N3O2. The molecule has 0 fully saturated rings. The van der Waals surface area contributed by atoms with Crippen LogP contribution in [0.15, 0.2) is 72.1 Å². The van der Waals surface area contributed by atoms with Crippen LogP contribution in [0.2, 0.25) is 0 Å². The van der Waals surface area contributed by atoms with Crippen LogP contribution < -0.4 is 10.2 Å². The van der Waals surface area contributed by atoms with E-state index in [1.807, 2.05) is 42.5 Å². The molecule has 7 heteroatoms. The summed E-state index contributed by atoms with van der Waals surface area (Å²) in [5, 5.41) is 4.02. The Morgan fingerprint density at radius 2 is 1.85 bits per heavy atom. The number of benzene rings is 2. The normalized spacial score (nSPS) is 10.7. The molecule has 0 bridgehead atoms. The zero-order valence-corrected chi connectivity index (χ0v) is 18.4. The van der Waals surface area contributed by atoms with Crippen molar-refractivity contribution in [2.75, 3.05) is 0 Å². The molecule has 0 aliphatic heterocycles. The minimum absolute atomic E-state index is 0.299. The number of amides is 1. The lowest BCUT2D eigenvalue weighted by Crippen LogP contribution is -2.17. The number of ether oxygens (including phenoxy) is 1. The Morgan fingerprint density at radius 3 is 2.52 bits per heavy atom. The van der Waals surface area contributed by atoms with Crippen LogP contribution in [-0.2, 0) is 6.61 Å². The highest BCUT2D eigenvalue weighted by molar-refractivity contribution is 14.1. The van der Waals surface area contributed by atoms with Gasteiger partial charge in [-0.25, -0.2) is 5.43 Å². The first-order valence-electron chi connectivity index (χ1n) is 8.02. The first-order chi connectivity index (χ1) is 13.1. The van der Waals surface area contributed by atoms with Crippen LogP contribution >= 0.6 is 45.2 Å². The van der Waals surface area contributed by atoms with Crippen molar-refractivity contribution in [1.82, 2.24) is 10.4 Å². The van der Waals surface area contributed by atoms with Gasteiger partial charge in [0.25, 0.3) is 5.91 Å². The lowest BCUT2D eigenvalue weighted by Gasteiger charge is -2.11. The van der Waals surface area contributed by atoms with E-state index in [0.29, 0.717) is 12.2 Å². The number of nitrogens with zero attached hydrogens (tertiary/aromatic N) is 2. The fourth-order valence-corrected chi connectivity index (χ4v) is 4.38. The van der Waals surface area contributed by atoms with Gasteiger partial charge >= 0.3 is 0 Å². The van der Waals surface area contributed by atoms with Crippen LogP contribution in [0.5, 0.6) is 5.75 Å². The molecule has 0 saturated carbocycles. The van der Waals surface area contributed by atoms with E-state index in [-0.39, 0.29) is 5.91 Å². The van der Waals surface area contributed by atoms with E-state index in [1.54, 1.807) is 24.5 Å². The number of hydrogen-bond donors (Lipinski definition) is 1. The van der Waals surface area contributed by atoms with Gasteiger partial charge < -0.3 is 4.74 Å². The predicted molar refractivity (Wildman–Crippen MR) is 122 cm³/mol.